The highest BCUT2D eigenvalue weighted by atomic mass is 16.3. The molecule has 130 valence electrons. The number of aromatic hydroxyl groups is 1. The van der Waals surface area contributed by atoms with Gasteiger partial charge in [-0.05, 0) is 47.9 Å². The first-order valence-corrected chi connectivity index (χ1v) is 8.38. The summed E-state index contributed by atoms with van der Waals surface area (Å²) in [4.78, 5) is 12.9. The predicted molar refractivity (Wildman–Crippen MR) is 103 cm³/mol. The first-order valence-electron chi connectivity index (χ1n) is 8.38. The first-order chi connectivity index (χ1) is 12.6. The second-order valence-corrected chi connectivity index (χ2v) is 5.97. The van der Waals surface area contributed by atoms with Crippen LogP contribution in [0.1, 0.15) is 29.5 Å². The summed E-state index contributed by atoms with van der Waals surface area (Å²) >= 11 is 0. The number of benzene rings is 3. The van der Waals surface area contributed by atoms with Gasteiger partial charge in [-0.2, -0.15) is 5.10 Å². The molecule has 0 atom stereocenters. The van der Waals surface area contributed by atoms with Crippen molar-refractivity contribution in [3.05, 3.63) is 102 Å². The number of nitrogens with zero attached hydrogens (tertiary/aromatic N) is 1. The van der Waals surface area contributed by atoms with Crippen molar-refractivity contribution in [2.24, 2.45) is 5.10 Å². The van der Waals surface area contributed by atoms with Gasteiger partial charge in [0.1, 0.15) is 5.75 Å². The third kappa shape index (κ3) is 4.16. The summed E-state index contributed by atoms with van der Waals surface area (Å²) in [5.74, 6) is -0.437. The molecule has 3 rings (SSSR count). The van der Waals surface area contributed by atoms with Crippen LogP contribution in [0, 0.1) is 0 Å². The Bertz CT molecular complexity index is 849. The normalized spacial score (nSPS) is 11.4. The van der Waals surface area contributed by atoms with Crippen LogP contribution in [-0.2, 0) is 4.79 Å². The number of nitrogens with one attached hydrogen (secondary N) is 1. The lowest BCUT2D eigenvalue weighted by Gasteiger charge is -2.16. The molecule has 4 heteroatoms. The number of phenols is 1. The van der Waals surface area contributed by atoms with Crippen LogP contribution >= 0.6 is 0 Å². The van der Waals surface area contributed by atoms with E-state index in [0.29, 0.717) is 5.71 Å². The number of carbonyl (C=O) groups is 1. The summed E-state index contributed by atoms with van der Waals surface area (Å²) < 4.78 is 0. The van der Waals surface area contributed by atoms with E-state index in [1.165, 1.54) is 0 Å². The quantitative estimate of drug-likeness (QED) is 0.541. The van der Waals surface area contributed by atoms with Crippen LogP contribution in [0.2, 0.25) is 0 Å². The number of hydrogen-bond donors (Lipinski definition) is 2. The fraction of sp³-hybridized carbons (Fsp3) is 0.0909. The Hall–Kier alpha value is -3.40. The van der Waals surface area contributed by atoms with Crippen LogP contribution < -0.4 is 5.43 Å². The van der Waals surface area contributed by atoms with Crippen molar-refractivity contribution in [2.45, 2.75) is 12.8 Å². The highest BCUT2D eigenvalue weighted by molar-refractivity contribution is 5.99. The summed E-state index contributed by atoms with van der Waals surface area (Å²) in [7, 11) is 0. The number of hydrogen-bond acceptors (Lipinski definition) is 3. The Kier molecular flexibility index (Phi) is 5.44. The van der Waals surface area contributed by atoms with Crippen LogP contribution in [-0.4, -0.2) is 16.7 Å². The molecule has 3 aromatic rings. The third-order valence-electron chi connectivity index (χ3n) is 4.15. The lowest BCUT2D eigenvalue weighted by Crippen LogP contribution is -2.27. The van der Waals surface area contributed by atoms with Crippen molar-refractivity contribution in [3.8, 4) is 5.75 Å². The number of amides is 1. The fourth-order valence-corrected chi connectivity index (χ4v) is 2.76. The Morgan fingerprint density at radius 3 is 1.85 bits per heavy atom. The standard InChI is InChI=1S/C22H20N2O2/c1-16(17-12-14-20(25)15-13-17)23-24-22(26)21(18-8-4-2-5-9-18)19-10-6-3-7-11-19/h2-15,21,25H,1H3,(H,24,26)/b23-16-. The summed E-state index contributed by atoms with van der Waals surface area (Å²) in [5.41, 5.74) is 6.00. The van der Waals surface area contributed by atoms with E-state index in [-0.39, 0.29) is 11.7 Å². The minimum Gasteiger partial charge on any atom is -0.508 e. The molecule has 0 bridgehead atoms. The van der Waals surface area contributed by atoms with E-state index in [1.807, 2.05) is 67.6 Å². The molecule has 3 aromatic carbocycles. The van der Waals surface area contributed by atoms with Gasteiger partial charge in [0.25, 0.3) is 5.91 Å². The van der Waals surface area contributed by atoms with E-state index in [1.54, 1.807) is 24.3 Å². The van der Waals surface area contributed by atoms with Gasteiger partial charge >= 0.3 is 0 Å². The van der Waals surface area contributed by atoms with Crippen LogP contribution in [0.15, 0.2) is 90.0 Å². The zero-order valence-electron chi connectivity index (χ0n) is 14.5. The summed E-state index contributed by atoms with van der Waals surface area (Å²) in [6, 6.07) is 26.0. The molecule has 0 saturated carbocycles. The molecule has 0 aromatic heterocycles. The molecule has 0 aliphatic rings. The highest BCUT2D eigenvalue weighted by Crippen LogP contribution is 2.24. The van der Waals surface area contributed by atoms with Crippen LogP contribution in [0.3, 0.4) is 0 Å². The number of hydrazone groups is 1. The maximum atomic E-state index is 12.9. The van der Waals surface area contributed by atoms with E-state index in [9.17, 15) is 9.90 Å². The smallest absolute Gasteiger partial charge is 0.252 e. The second kappa shape index (κ2) is 8.12. The lowest BCUT2D eigenvalue weighted by molar-refractivity contribution is -0.121. The van der Waals surface area contributed by atoms with Gasteiger partial charge in [-0.25, -0.2) is 5.43 Å². The van der Waals surface area contributed by atoms with Crippen molar-refractivity contribution >= 4 is 11.6 Å². The van der Waals surface area contributed by atoms with Gasteiger partial charge in [0, 0.05) is 0 Å². The maximum absolute atomic E-state index is 12.9. The molecule has 0 aliphatic carbocycles. The Balaban J connectivity index is 1.84. The van der Waals surface area contributed by atoms with Gasteiger partial charge in [0.2, 0.25) is 0 Å². The number of rotatable bonds is 5. The second-order valence-electron chi connectivity index (χ2n) is 5.97. The Morgan fingerprint density at radius 2 is 1.35 bits per heavy atom. The zero-order chi connectivity index (χ0) is 18.4. The molecular formula is C22H20N2O2. The van der Waals surface area contributed by atoms with Crippen LogP contribution in [0.4, 0.5) is 0 Å². The molecule has 0 aliphatic heterocycles. The maximum Gasteiger partial charge on any atom is 0.252 e. The topological polar surface area (TPSA) is 61.7 Å². The minimum absolute atomic E-state index is 0.193. The Labute approximate surface area is 152 Å². The molecule has 26 heavy (non-hydrogen) atoms. The largest absolute Gasteiger partial charge is 0.508 e. The first kappa shape index (κ1) is 17.4. The molecule has 2 N–H and O–H groups in total. The molecule has 4 nitrogen and oxygen atoms in total. The predicted octanol–water partition coefficient (Wildman–Crippen LogP) is 4.06. The average molecular weight is 344 g/mol. The average Bonchev–Trinajstić information content (AvgIpc) is 2.68. The lowest BCUT2D eigenvalue weighted by atomic mass is 9.91. The van der Waals surface area contributed by atoms with Gasteiger partial charge in [-0.1, -0.05) is 60.7 Å². The van der Waals surface area contributed by atoms with E-state index >= 15 is 0 Å². The molecule has 0 heterocycles. The zero-order valence-corrected chi connectivity index (χ0v) is 14.5. The third-order valence-corrected chi connectivity index (χ3v) is 4.15. The van der Waals surface area contributed by atoms with E-state index in [4.69, 9.17) is 0 Å². The molecule has 1 amide bonds. The van der Waals surface area contributed by atoms with Crippen molar-refractivity contribution in [1.82, 2.24) is 5.43 Å². The molecule has 0 fully saturated rings. The van der Waals surface area contributed by atoms with Crippen LogP contribution in [0.5, 0.6) is 5.75 Å². The van der Waals surface area contributed by atoms with E-state index in [2.05, 4.69) is 10.5 Å². The van der Waals surface area contributed by atoms with E-state index < -0.39 is 5.92 Å². The molecular weight excluding hydrogens is 324 g/mol. The van der Waals surface area contributed by atoms with Gasteiger partial charge in [0.05, 0.1) is 11.6 Å². The summed E-state index contributed by atoms with van der Waals surface area (Å²) in [6.07, 6.45) is 0. The SMILES string of the molecule is C/C(=N/NC(=O)C(c1ccccc1)c1ccccc1)c1ccc(O)cc1. The molecule has 0 saturated heterocycles. The van der Waals surface area contributed by atoms with Crippen LogP contribution in [0.25, 0.3) is 0 Å². The van der Waals surface area contributed by atoms with Crippen molar-refractivity contribution in [3.63, 3.8) is 0 Å². The monoisotopic (exact) mass is 344 g/mol. The summed E-state index contributed by atoms with van der Waals surface area (Å²) in [5, 5.41) is 13.6. The van der Waals surface area contributed by atoms with Crippen molar-refractivity contribution in [1.29, 1.82) is 0 Å². The van der Waals surface area contributed by atoms with E-state index in [0.717, 1.165) is 16.7 Å². The number of phenolic OH excluding ortho intramolecular Hbond substituents is 1. The van der Waals surface area contributed by atoms with Gasteiger partial charge in [-0.15, -0.1) is 0 Å². The molecule has 0 spiro atoms. The summed E-state index contributed by atoms with van der Waals surface area (Å²) in [6.45, 7) is 1.81. The van der Waals surface area contributed by atoms with Gasteiger partial charge < -0.3 is 5.11 Å². The van der Waals surface area contributed by atoms with Gasteiger partial charge in [0.15, 0.2) is 0 Å². The fourth-order valence-electron chi connectivity index (χ4n) is 2.76. The van der Waals surface area contributed by atoms with Gasteiger partial charge in [-0.3, -0.25) is 4.79 Å². The minimum atomic E-state index is -0.436. The molecule has 0 unspecified atom stereocenters. The molecule has 0 radical (unpaired) electrons. The Morgan fingerprint density at radius 1 is 0.846 bits per heavy atom. The highest BCUT2D eigenvalue weighted by Gasteiger charge is 2.22. The van der Waals surface area contributed by atoms with Crippen molar-refractivity contribution in [2.75, 3.05) is 0 Å². The number of carbonyl (C=O) groups excluding carboxylic acids is 1. The van der Waals surface area contributed by atoms with Crippen molar-refractivity contribution < 1.29 is 9.90 Å².